The van der Waals surface area contributed by atoms with E-state index in [0.29, 0.717) is 55.0 Å². The number of anilines is 1. The number of rotatable bonds is 9. The fourth-order valence-electron chi connectivity index (χ4n) is 4.27. The Balaban J connectivity index is 1.54. The van der Waals surface area contributed by atoms with Gasteiger partial charge in [-0.05, 0) is 13.3 Å². The van der Waals surface area contributed by atoms with Crippen LogP contribution in [0.25, 0.3) is 11.5 Å². The van der Waals surface area contributed by atoms with Gasteiger partial charge in [-0.15, -0.1) is 0 Å². The Kier molecular flexibility index (Phi) is 9.08. The first-order valence-electron chi connectivity index (χ1n) is 11.9. The van der Waals surface area contributed by atoms with E-state index in [-0.39, 0.29) is 33.5 Å². The second-order valence-corrected chi connectivity index (χ2v) is 9.96. The molecule has 1 aliphatic rings. The summed E-state index contributed by atoms with van der Waals surface area (Å²) in [6.45, 7) is 3.63. The van der Waals surface area contributed by atoms with Gasteiger partial charge in [0.15, 0.2) is 16.6 Å². The molecule has 4 heterocycles. The monoisotopic (exact) mass is 577 g/mol. The van der Waals surface area contributed by atoms with Gasteiger partial charge >= 0.3 is 6.16 Å². The number of halogens is 1. The molecule has 13 nitrogen and oxygen atoms in total. The third-order valence-corrected chi connectivity index (χ3v) is 7.68. The Morgan fingerprint density at radius 1 is 1.36 bits per heavy atom. The number of ether oxygens (including phenoxy) is 4. The van der Waals surface area contributed by atoms with Crippen LogP contribution in [0.4, 0.5) is 9.93 Å². The van der Waals surface area contributed by atoms with Crippen molar-refractivity contribution < 1.29 is 28.5 Å². The zero-order chi connectivity index (χ0) is 28.1. The number of thiazole rings is 1. The highest BCUT2D eigenvalue weighted by Crippen LogP contribution is 2.40. The summed E-state index contributed by atoms with van der Waals surface area (Å²) in [6, 6.07) is 1.68. The van der Waals surface area contributed by atoms with E-state index in [2.05, 4.69) is 20.0 Å². The van der Waals surface area contributed by atoms with Crippen LogP contribution in [0.5, 0.6) is 5.06 Å². The average molecular weight is 578 g/mol. The Labute approximate surface area is 233 Å². The van der Waals surface area contributed by atoms with Crippen molar-refractivity contribution in [3.8, 4) is 22.7 Å². The Hall–Kier alpha value is -3.64. The van der Waals surface area contributed by atoms with Crippen LogP contribution in [0.2, 0.25) is 5.02 Å². The molecule has 0 unspecified atom stereocenters. The molecule has 1 aliphatic heterocycles. The lowest BCUT2D eigenvalue weighted by molar-refractivity contribution is 0.0540. The van der Waals surface area contributed by atoms with E-state index in [9.17, 15) is 14.9 Å². The lowest BCUT2D eigenvalue weighted by atomic mass is 10.0. The first-order chi connectivity index (χ1) is 18.8. The lowest BCUT2D eigenvalue weighted by Gasteiger charge is -2.37. The summed E-state index contributed by atoms with van der Waals surface area (Å²) in [6.07, 6.45) is 2.72. The van der Waals surface area contributed by atoms with Gasteiger partial charge in [-0.1, -0.05) is 22.9 Å². The van der Waals surface area contributed by atoms with Crippen molar-refractivity contribution >= 4 is 40.1 Å². The summed E-state index contributed by atoms with van der Waals surface area (Å²) >= 11 is 7.43. The van der Waals surface area contributed by atoms with Crippen LogP contribution in [-0.4, -0.2) is 84.8 Å². The molecule has 2 atom stereocenters. The molecule has 0 bridgehead atoms. The molecular formula is C24H28ClN7O6S. The highest BCUT2D eigenvalue weighted by atomic mass is 35.5. The minimum atomic E-state index is -0.865. The largest absolute Gasteiger partial charge is 0.514 e. The van der Waals surface area contributed by atoms with Crippen LogP contribution in [-0.2, 0) is 20.8 Å². The van der Waals surface area contributed by atoms with Gasteiger partial charge in [0.25, 0.3) is 5.91 Å². The van der Waals surface area contributed by atoms with E-state index in [1.165, 1.54) is 18.4 Å². The Bertz CT molecular complexity index is 1380. The van der Waals surface area contributed by atoms with Crippen molar-refractivity contribution in [1.82, 2.24) is 24.8 Å². The maximum absolute atomic E-state index is 13.0. The molecule has 3 aromatic rings. The topological polar surface area (TPSA) is 157 Å². The molecule has 0 saturated carbocycles. The molecule has 1 fully saturated rings. The van der Waals surface area contributed by atoms with Crippen molar-refractivity contribution in [1.29, 1.82) is 5.26 Å². The van der Waals surface area contributed by atoms with Crippen molar-refractivity contribution in [2.75, 3.05) is 45.9 Å². The second-order valence-electron chi connectivity index (χ2n) is 8.64. The average Bonchev–Trinajstić information content (AvgIpc) is 3.64. The molecular weight excluding hydrogens is 550 g/mol. The van der Waals surface area contributed by atoms with E-state index < -0.39 is 12.1 Å². The number of aromatic amines is 1. The number of methoxy groups -OCH3 is 3. The first-order valence-corrected chi connectivity index (χ1v) is 13.1. The Morgan fingerprint density at radius 2 is 2.15 bits per heavy atom. The number of hydrogen-bond acceptors (Lipinski definition) is 11. The SMILES string of the molecule is COCCn1ccnc1-c1nc(N2CC[C@@H](NC(=O)c3[nH]c(C)c(C#N)c3Cl)[C@@H](OC)C2)sc1OC(=O)OC. The number of piperidine rings is 1. The minimum absolute atomic E-state index is 0.0937. The second kappa shape index (κ2) is 12.5. The van der Waals surface area contributed by atoms with Gasteiger partial charge in [0.2, 0.25) is 5.06 Å². The normalized spacial score (nSPS) is 17.1. The van der Waals surface area contributed by atoms with Crippen molar-refractivity contribution in [3.05, 3.63) is 34.4 Å². The molecule has 4 rings (SSSR count). The van der Waals surface area contributed by atoms with Crippen molar-refractivity contribution in [2.45, 2.75) is 32.0 Å². The minimum Gasteiger partial charge on any atom is -0.437 e. The van der Waals surface area contributed by atoms with Gasteiger partial charge in [-0.25, -0.2) is 14.8 Å². The number of aryl methyl sites for hydroxylation is 1. The predicted octanol–water partition coefficient (Wildman–Crippen LogP) is 2.98. The number of aromatic nitrogens is 4. The van der Waals surface area contributed by atoms with Gasteiger partial charge in [-0.2, -0.15) is 5.26 Å². The lowest BCUT2D eigenvalue weighted by Crippen LogP contribution is -2.55. The summed E-state index contributed by atoms with van der Waals surface area (Å²) in [4.78, 5) is 39.0. The highest BCUT2D eigenvalue weighted by Gasteiger charge is 2.34. The van der Waals surface area contributed by atoms with Crippen LogP contribution < -0.4 is 15.0 Å². The highest BCUT2D eigenvalue weighted by molar-refractivity contribution is 7.18. The van der Waals surface area contributed by atoms with Crippen LogP contribution in [0.15, 0.2) is 12.4 Å². The summed E-state index contributed by atoms with van der Waals surface area (Å²) in [7, 11) is 4.41. The van der Waals surface area contributed by atoms with Crippen LogP contribution >= 0.6 is 22.9 Å². The predicted molar refractivity (Wildman–Crippen MR) is 142 cm³/mol. The van der Waals surface area contributed by atoms with Gasteiger partial charge in [-0.3, -0.25) is 4.79 Å². The number of nitrogens with zero attached hydrogens (tertiary/aromatic N) is 5. The maximum Gasteiger partial charge on any atom is 0.514 e. The fourth-order valence-corrected chi connectivity index (χ4v) is 5.53. The van der Waals surface area contributed by atoms with Gasteiger partial charge in [0, 0.05) is 51.9 Å². The number of hydrogen-bond donors (Lipinski definition) is 2. The molecule has 15 heteroatoms. The first kappa shape index (κ1) is 28.4. The Morgan fingerprint density at radius 3 is 2.82 bits per heavy atom. The van der Waals surface area contributed by atoms with Crippen molar-refractivity contribution in [3.63, 3.8) is 0 Å². The standard InChI is InChI=1S/C24H28ClN7O6S/c1-13-14(11-26)17(25)18(28-13)21(33)29-15-5-7-32(12-16(15)36-3)23-30-19(22(39-23)38-24(34)37-4)20-27-6-8-31(20)9-10-35-2/h6,8,15-16,28H,5,7,9-10,12H2,1-4H3,(H,29,33)/t15-,16+/m1/s1. The molecule has 39 heavy (non-hydrogen) atoms. The summed E-state index contributed by atoms with van der Waals surface area (Å²) in [5, 5.41) is 13.2. The van der Waals surface area contributed by atoms with E-state index in [1.54, 1.807) is 33.5 Å². The summed E-state index contributed by atoms with van der Waals surface area (Å²) in [5.41, 5.74) is 1.31. The number of nitriles is 1. The fraction of sp³-hybridized carbons (Fsp3) is 0.458. The number of H-pyrrole nitrogens is 1. The maximum atomic E-state index is 13.0. The van der Waals surface area contributed by atoms with Gasteiger partial charge in [0.1, 0.15) is 11.8 Å². The number of carbonyl (C=O) groups is 2. The molecule has 1 amide bonds. The van der Waals surface area contributed by atoms with Crippen LogP contribution in [0.3, 0.4) is 0 Å². The van der Waals surface area contributed by atoms with Crippen molar-refractivity contribution in [2.24, 2.45) is 0 Å². The van der Waals surface area contributed by atoms with Crippen LogP contribution in [0, 0.1) is 18.3 Å². The number of imidazole rings is 1. The van der Waals surface area contributed by atoms with Crippen LogP contribution in [0.1, 0.15) is 28.2 Å². The molecule has 0 spiro atoms. The molecule has 0 aliphatic carbocycles. The van der Waals surface area contributed by atoms with E-state index in [1.807, 2.05) is 15.5 Å². The smallest absolute Gasteiger partial charge is 0.437 e. The number of carbonyl (C=O) groups excluding carboxylic acids is 2. The molecule has 0 aromatic carbocycles. The molecule has 208 valence electrons. The summed E-state index contributed by atoms with van der Waals surface area (Å²) in [5.74, 6) is 0.104. The van der Waals surface area contributed by atoms with E-state index in [4.69, 9.17) is 30.8 Å². The third kappa shape index (κ3) is 6.01. The molecule has 0 radical (unpaired) electrons. The zero-order valence-corrected chi connectivity index (χ0v) is 23.4. The number of amides is 1. The molecule has 3 aromatic heterocycles. The van der Waals surface area contributed by atoms with Gasteiger partial charge in [0.05, 0.1) is 36.4 Å². The quantitative estimate of drug-likeness (QED) is 0.362. The molecule has 1 saturated heterocycles. The van der Waals surface area contributed by atoms with E-state index >= 15 is 0 Å². The van der Waals surface area contributed by atoms with E-state index in [0.717, 1.165) is 0 Å². The zero-order valence-electron chi connectivity index (χ0n) is 21.8. The number of nitrogens with one attached hydrogen (secondary N) is 2. The summed E-state index contributed by atoms with van der Waals surface area (Å²) < 4.78 is 22.9. The van der Waals surface area contributed by atoms with Gasteiger partial charge < -0.3 is 38.7 Å². The molecule has 2 N–H and O–H groups in total. The third-order valence-electron chi connectivity index (χ3n) is 6.31.